The molecule has 152 valence electrons. The second-order valence-corrected chi connectivity index (χ2v) is 8.56. The third-order valence-corrected chi connectivity index (χ3v) is 6.03. The lowest BCUT2D eigenvalue weighted by atomic mass is 9.86. The fourth-order valence-corrected chi connectivity index (χ4v) is 4.81. The molecule has 2 aliphatic heterocycles. The fourth-order valence-electron chi connectivity index (χ4n) is 4.81. The molecule has 0 radical (unpaired) electrons. The Balaban J connectivity index is 2.07. The molecule has 2 N–H and O–H groups in total. The van der Waals surface area contributed by atoms with Crippen molar-refractivity contribution in [2.45, 2.75) is 77.4 Å². The van der Waals surface area contributed by atoms with Crippen molar-refractivity contribution in [1.29, 1.82) is 0 Å². The van der Waals surface area contributed by atoms with Crippen molar-refractivity contribution in [2.24, 2.45) is 16.6 Å². The van der Waals surface area contributed by atoms with Crippen LogP contribution in [-0.4, -0.2) is 51.0 Å². The van der Waals surface area contributed by atoms with Crippen LogP contribution in [0.25, 0.3) is 0 Å². The van der Waals surface area contributed by atoms with Crippen LogP contribution in [0.1, 0.15) is 59.8 Å². The van der Waals surface area contributed by atoms with E-state index in [1.807, 2.05) is 37.8 Å². The molecule has 2 atom stereocenters. The third kappa shape index (κ3) is 3.38. The minimum Gasteiger partial charge on any atom is -0.368 e. The first-order valence-electron chi connectivity index (χ1n) is 10.1. The van der Waals surface area contributed by atoms with Gasteiger partial charge in [-0.15, -0.1) is 0 Å². The Labute approximate surface area is 166 Å². The molecule has 2 unspecified atom stereocenters. The minimum atomic E-state index is -1.13. The van der Waals surface area contributed by atoms with E-state index < -0.39 is 17.5 Å². The molecule has 7 nitrogen and oxygen atoms in total. The van der Waals surface area contributed by atoms with Crippen molar-refractivity contribution in [3.63, 3.8) is 0 Å². The van der Waals surface area contributed by atoms with Gasteiger partial charge >= 0.3 is 0 Å². The zero-order chi connectivity index (χ0) is 20.6. The van der Waals surface area contributed by atoms with E-state index in [9.17, 15) is 14.4 Å². The van der Waals surface area contributed by atoms with Gasteiger partial charge in [0.2, 0.25) is 11.8 Å². The van der Waals surface area contributed by atoms with E-state index in [1.165, 1.54) is 0 Å². The summed E-state index contributed by atoms with van der Waals surface area (Å²) in [5.74, 6) is -0.691. The molecular formula is C21H30N4O3. The smallest absolute Gasteiger partial charge is 0.250 e. The number of fused-ring (bicyclic) bond motifs is 1. The van der Waals surface area contributed by atoms with Crippen molar-refractivity contribution in [2.75, 3.05) is 0 Å². The van der Waals surface area contributed by atoms with Crippen molar-refractivity contribution in [3.05, 3.63) is 23.9 Å². The first-order valence-corrected chi connectivity index (χ1v) is 10.1. The average Bonchev–Trinajstić information content (AvgIpc) is 3.11. The predicted octanol–water partition coefficient (Wildman–Crippen LogP) is 2.13. The molecular weight excluding hydrogens is 356 g/mol. The molecule has 0 aromatic heterocycles. The van der Waals surface area contributed by atoms with Gasteiger partial charge in [-0.25, -0.2) is 0 Å². The topological polar surface area (TPSA) is 96.1 Å². The molecule has 0 saturated heterocycles. The van der Waals surface area contributed by atoms with Crippen LogP contribution < -0.4 is 5.73 Å². The molecule has 0 aromatic carbocycles. The number of carbonyl (C=O) groups is 3. The number of amides is 3. The van der Waals surface area contributed by atoms with E-state index >= 15 is 0 Å². The third-order valence-electron chi connectivity index (χ3n) is 6.03. The highest BCUT2D eigenvalue weighted by Gasteiger charge is 2.52. The van der Waals surface area contributed by atoms with Gasteiger partial charge in [0.25, 0.3) is 5.91 Å². The maximum Gasteiger partial charge on any atom is 0.250 e. The van der Waals surface area contributed by atoms with Gasteiger partial charge in [0, 0.05) is 11.7 Å². The summed E-state index contributed by atoms with van der Waals surface area (Å²) in [6.45, 7) is 7.48. The number of amidine groups is 1. The van der Waals surface area contributed by atoms with Gasteiger partial charge in [-0.2, -0.15) is 4.99 Å². The fraction of sp³-hybridized carbons (Fsp3) is 0.619. The summed E-state index contributed by atoms with van der Waals surface area (Å²) < 4.78 is 0. The Hall–Kier alpha value is -2.44. The predicted molar refractivity (Wildman–Crippen MR) is 107 cm³/mol. The van der Waals surface area contributed by atoms with Gasteiger partial charge in [-0.1, -0.05) is 32.8 Å². The average molecular weight is 386 g/mol. The van der Waals surface area contributed by atoms with E-state index in [-0.39, 0.29) is 30.2 Å². The summed E-state index contributed by atoms with van der Waals surface area (Å²) in [5, 5.41) is 0. The number of nitrogens with two attached hydrogens (primary N) is 1. The maximum atomic E-state index is 14.0. The molecule has 3 rings (SSSR count). The summed E-state index contributed by atoms with van der Waals surface area (Å²) in [6.07, 6.45) is 9.17. The van der Waals surface area contributed by atoms with Crippen molar-refractivity contribution in [1.82, 2.24) is 9.80 Å². The molecule has 1 saturated carbocycles. The van der Waals surface area contributed by atoms with Crippen LogP contribution in [-0.2, 0) is 14.4 Å². The van der Waals surface area contributed by atoms with Gasteiger partial charge in [-0.05, 0) is 44.8 Å². The van der Waals surface area contributed by atoms with Crippen LogP contribution in [0.15, 0.2) is 28.9 Å². The van der Waals surface area contributed by atoms with Crippen molar-refractivity contribution < 1.29 is 14.4 Å². The van der Waals surface area contributed by atoms with E-state index in [4.69, 9.17) is 5.73 Å². The first kappa shape index (κ1) is 20.3. The minimum absolute atomic E-state index is 0.0266. The van der Waals surface area contributed by atoms with Crippen molar-refractivity contribution >= 4 is 23.6 Å². The maximum absolute atomic E-state index is 14.0. The Kier molecular flexibility index (Phi) is 5.46. The van der Waals surface area contributed by atoms with Gasteiger partial charge < -0.3 is 15.5 Å². The Morgan fingerprint density at radius 1 is 1.32 bits per heavy atom. The zero-order valence-corrected chi connectivity index (χ0v) is 17.1. The number of nitrogens with zero attached hydrogens (tertiary/aromatic N) is 3. The first-order chi connectivity index (χ1) is 13.2. The molecule has 7 heteroatoms. The molecule has 0 bridgehead atoms. The molecule has 2 heterocycles. The van der Waals surface area contributed by atoms with Crippen LogP contribution in [0.5, 0.6) is 0 Å². The molecule has 0 spiro atoms. The summed E-state index contributed by atoms with van der Waals surface area (Å²) in [5.41, 5.74) is 5.45. The van der Waals surface area contributed by atoms with Gasteiger partial charge in [-0.3, -0.25) is 14.4 Å². The van der Waals surface area contributed by atoms with E-state index in [2.05, 4.69) is 4.99 Å². The Bertz CT molecular complexity index is 777. The van der Waals surface area contributed by atoms with Crippen LogP contribution in [0.2, 0.25) is 0 Å². The molecule has 3 aliphatic rings. The highest BCUT2D eigenvalue weighted by molar-refractivity contribution is 6.10. The van der Waals surface area contributed by atoms with Gasteiger partial charge in [0.05, 0.1) is 6.42 Å². The summed E-state index contributed by atoms with van der Waals surface area (Å²) >= 11 is 0. The number of aliphatic imine (C=N–C) groups is 1. The van der Waals surface area contributed by atoms with E-state index in [0.29, 0.717) is 5.84 Å². The zero-order valence-electron chi connectivity index (χ0n) is 17.1. The number of allylic oxidation sites excluding steroid dienone is 3. The highest BCUT2D eigenvalue weighted by atomic mass is 16.2. The number of primary amides is 1. The molecule has 3 amide bonds. The monoisotopic (exact) mass is 386 g/mol. The second kappa shape index (κ2) is 7.53. The van der Waals surface area contributed by atoms with Crippen molar-refractivity contribution in [3.8, 4) is 0 Å². The van der Waals surface area contributed by atoms with E-state index in [0.717, 1.165) is 31.4 Å². The largest absolute Gasteiger partial charge is 0.368 e. The molecule has 1 fully saturated rings. The van der Waals surface area contributed by atoms with Crippen LogP contribution in [0, 0.1) is 5.92 Å². The Morgan fingerprint density at radius 3 is 2.54 bits per heavy atom. The molecule has 28 heavy (non-hydrogen) atoms. The normalized spacial score (nSPS) is 26.0. The quantitative estimate of drug-likeness (QED) is 0.783. The lowest BCUT2D eigenvalue weighted by Gasteiger charge is -2.49. The number of rotatable bonds is 5. The van der Waals surface area contributed by atoms with Crippen LogP contribution >= 0.6 is 0 Å². The van der Waals surface area contributed by atoms with Crippen LogP contribution in [0.4, 0.5) is 0 Å². The van der Waals surface area contributed by atoms with Crippen LogP contribution in [0.3, 0.4) is 0 Å². The molecule has 0 aromatic rings. The summed E-state index contributed by atoms with van der Waals surface area (Å²) in [4.78, 5) is 46.4. The van der Waals surface area contributed by atoms with E-state index in [1.54, 1.807) is 17.9 Å². The number of carbonyl (C=O) groups excluding carboxylic acids is 3. The number of hydrogen-bond donors (Lipinski definition) is 1. The lowest BCUT2D eigenvalue weighted by Crippen LogP contribution is -2.66. The molecule has 1 aliphatic carbocycles. The van der Waals surface area contributed by atoms with Gasteiger partial charge in [0.15, 0.2) is 0 Å². The Morgan fingerprint density at radius 2 is 1.96 bits per heavy atom. The SMILES string of the molecule is CC1=CC=CC2=NC(=O)CC(C)(C(=O)N(C3CCCC3)C(C(N)=O)C(C)C)N12. The lowest BCUT2D eigenvalue weighted by molar-refractivity contribution is -0.153. The summed E-state index contributed by atoms with van der Waals surface area (Å²) in [7, 11) is 0. The second-order valence-electron chi connectivity index (χ2n) is 8.56. The van der Waals surface area contributed by atoms with Gasteiger partial charge in [0.1, 0.15) is 17.4 Å². The number of hydrogen-bond acceptors (Lipinski definition) is 4. The summed E-state index contributed by atoms with van der Waals surface area (Å²) in [6, 6.07) is -0.735. The standard InChI is InChI=1S/C21H30N4O3/c1-13(2)18(19(22)27)24(15-9-5-6-10-15)20(28)21(4)12-17(26)23-16-11-7-8-14(3)25(16)21/h7-8,11,13,15,18H,5-6,9-10,12H2,1-4H3,(H2,22,27). The highest BCUT2D eigenvalue weighted by Crippen LogP contribution is 2.37.